The molecule has 0 radical (unpaired) electrons. The van der Waals surface area contributed by atoms with Crippen LogP contribution in [0.25, 0.3) is 0 Å². The first-order valence-corrected chi connectivity index (χ1v) is 10.0. The number of halogens is 2. The number of tetrazole rings is 1. The van der Waals surface area contributed by atoms with Crippen LogP contribution < -0.4 is 5.32 Å². The molecule has 0 amide bonds. The summed E-state index contributed by atoms with van der Waals surface area (Å²) < 4.78 is 1.98. The van der Waals surface area contributed by atoms with Crippen molar-refractivity contribution in [2.75, 3.05) is 5.32 Å². The average Bonchev–Trinajstić information content (AvgIpc) is 3.18. The van der Waals surface area contributed by atoms with Crippen molar-refractivity contribution in [1.82, 2.24) is 20.2 Å². The van der Waals surface area contributed by atoms with Crippen molar-refractivity contribution in [3.05, 3.63) is 70.0 Å². The molecule has 2 aromatic carbocycles. The standard InChI is InChI=1S/C20H21Cl2N5/c21-14-11-12-17(18(22)13-14)19(23-15-7-3-1-4-8-15)20-24-25-26-27(20)16-9-5-2-6-10-16/h1,3-4,7-8,11-13,16,19,23H,2,5-6,9-10H2/t19-/m1/s1. The van der Waals surface area contributed by atoms with Crippen LogP contribution >= 0.6 is 23.2 Å². The van der Waals surface area contributed by atoms with Crippen LogP contribution in [-0.4, -0.2) is 20.2 Å². The number of para-hydroxylation sites is 1. The lowest BCUT2D eigenvalue weighted by Gasteiger charge is -2.26. The Morgan fingerprint density at radius 1 is 1.00 bits per heavy atom. The monoisotopic (exact) mass is 401 g/mol. The Labute approximate surface area is 168 Å². The highest BCUT2D eigenvalue weighted by atomic mass is 35.5. The first kappa shape index (κ1) is 18.3. The topological polar surface area (TPSA) is 55.6 Å². The van der Waals surface area contributed by atoms with Crippen LogP contribution in [0.3, 0.4) is 0 Å². The molecule has 0 spiro atoms. The van der Waals surface area contributed by atoms with Gasteiger partial charge < -0.3 is 5.32 Å². The second-order valence-electron chi connectivity index (χ2n) is 6.88. The fraction of sp³-hybridized carbons (Fsp3) is 0.350. The maximum absolute atomic E-state index is 6.54. The van der Waals surface area contributed by atoms with Crippen molar-refractivity contribution in [1.29, 1.82) is 0 Å². The van der Waals surface area contributed by atoms with Crippen LogP contribution in [0.5, 0.6) is 0 Å². The van der Waals surface area contributed by atoms with E-state index >= 15 is 0 Å². The summed E-state index contributed by atoms with van der Waals surface area (Å²) >= 11 is 12.7. The number of hydrogen-bond donors (Lipinski definition) is 1. The van der Waals surface area contributed by atoms with Crippen LogP contribution in [0.1, 0.15) is 55.6 Å². The molecule has 1 N–H and O–H groups in total. The summed E-state index contributed by atoms with van der Waals surface area (Å²) in [5, 5.41) is 17.4. The molecule has 0 bridgehead atoms. The highest BCUT2D eigenvalue weighted by Crippen LogP contribution is 2.35. The van der Waals surface area contributed by atoms with Gasteiger partial charge in [-0.3, -0.25) is 0 Å². The third-order valence-corrected chi connectivity index (χ3v) is 5.62. The predicted octanol–water partition coefficient (Wildman–Crippen LogP) is 5.69. The lowest BCUT2D eigenvalue weighted by molar-refractivity contribution is 0.315. The minimum atomic E-state index is -0.269. The first-order valence-electron chi connectivity index (χ1n) is 9.26. The molecular formula is C20H21Cl2N5. The summed E-state index contributed by atoms with van der Waals surface area (Å²) in [7, 11) is 0. The molecule has 0 saturated heterocycles. The highest BCUT2D eigenvalue weighted by Gasteiger charge is 2.27. The molecule has 27 heavy (non-hydrogen) atoms. The second-order valence-corrected chi connectivity index (χ2v) is 7.73. The Bertz CT molecular complexity index is 890. The van der Waals surface area contributed by atoms with Crippen molar-refractivity contribution < 1.29 is 0 Å². The summed E-state index contributed by atoms with van der Waals surface area (Å²) in [6.45, 7) is 0. The Hall–Kier alpha value is -2.11. The smallest absolute Gasteiger partial charge is 0.178 e. The van der Waals surface area contributed by atoms with Gasteiger partial charge in [-0.2, -0.15) is 0 Å². The summed E-state index contributed by atoms with van der Waals surface area (Å²) in [6, 6.07) is 15.6. The number of nitrogens with zero attached hydrogens (tertiary/aromatic N) is 4. The first-order chi connectivity index (χ1) is 13.2. The lowest BCUT2D eigenvalue weighted by atomic mass is 9.95. The zero-order valence-electron chi connectivity index (χ0n) is 14.9. The van der Waals surface area contributed by atoms with Crippen LogP contribution in [0.4, 0.5) is 5.69 Å². The Kier molecular flexibility index (Phi) is 5.60. The van der Waals surface area contributed by atoms with Crippen LogP contribution in [0, 0.1) is 0 Å². The summed E-state index contributed by atoms with van der Waals surface area (Å²) in [5.74, 6) is 0.773. The molecule has 1 saturated carbocycles. The van der Waals surface area contributed by atoms with Crippen molar-refractivity contribution in [3.63, 3.8) is 0 Å². The molecular weight excluding hydrogens is 381 g/mol. The van der Waals surface area contributed by atoms with Gasteiger partial charge >= 0.3 is 0 Å². The van der Waals surface area contributed by atoms with Gasteiger partial charge in [0.1, 0.15) is 6.04 Å². The number of aromatic nitrogens is 4. The van der Waals surface area contributed by atoms with Crippen LogP contribution in [0.15, 0.2) is 48.5 Å². The normalized spacial score (nSPS) is 16.2. The van der Waals surface area contributed by atoms with E-state index < -0.39 is 0 Å². The molecule has 1 atom stereocenters. The minimum Gasteiger partial charge on any atom is -0.371 e. The molecule has 1 heterocycles. The summed E-state index contributed by atoms with van der Waals surface area (Å²) in [6.07, 6.45) is 5.91. The van der Waals surface area contributed by atoms with Crippen LogP contribution in [-0.2, 0) is 0 Å². The molecule has 3 aromatic rings. The van der Waals surface area contributed by atoms with E-state index in [1.165, 1.54) is 19.3 Å². The van der Waals surface area contributed by atoms with Gasteiger partial charge in [0.05, 0.1) is 6.04 Å². The fourth-order valence-corrected chi connectivity index (χ4v) is 4.21. The molecule has 1 aromatic heterocycles. The van der Waals surface area contributed by atoms with E-state index in [0.29, 0.717) is 16.1 Å². The third kappa shape index (κ3) is 4.09. The van der Waals surface area contributed by atoms with Crippen molar-refractivity contribution >= 4 is 28.9 Å². The van der Waals surface area contributed by atoms with Crippen molar-refractivity contribution in [2.24, 2.45) is 0 Å². The molecule has 0 unspecified atom stereocenters. The highest BCUT2D eigenvalue weighted by molar-refractivity contribution is 6.35. The molecule has 7 heteroatoms. The van der Waals surface area contributed by atoms with E-state index in [4.69, 9.17) is 23.2 Å². The van der Waals surface area contributed by atoms with Gasteiger partial charge in [-0.05, 0) is 47.5 Å². The molecule has 1 aliphatic carbocycles. The number of hydrogen-bond acceptors (Lipinski definition) is 4. The van der Waals surface area contributed by atoms with E-state index in [1.807, 2.05) is 47.1 Å². The van der Waals surface area contributed by atoms with Gasteiger partial charge in [-0.25, -0.2) is 4.68 Å². The minimum absolute atomic E-state index is 0.269. The molecule has 4 rings (SSSR count). The lowest BCUT2D eigenvalue weighted by Crippen LogP contribution is -2.23. The Morgan fingerprint density at radius 3 is 2.52 bits per heavy atom. The zero-order chi connectivity index (χ0) is 18.6. The largest absolute Gasteiger partial charge is 0.371 e. The number of nitrogens with one attached hydrogen (secondary N) is 1. The number of anilines is 1. The van der Waals surface area contributed by atoms with Gasteiger partial charge in [0.25, 0.3) is 0 Å². The summed E-state index contributed by atoms with van der Waals surface area (Å²) in [4.78, 5) is 0. The van der Waals surface area contributed by atoms with E-state index in [0.717, 1.165) is 29.9 Å². The molecule has 1 aliphatic rings. The van der Waals surface area contributed by atoms with Gasteiger partial charge in [-0.15, -0.1) is 5.10 Å². The van der Waals surface area contributed by atoms with E-state index in [2.05, 4.69) is 20.8 Å². The van der Waals surface area contributed by atoms with Crippen LogP contribution in [0.2, 0.25) is 10.0 Å². The fourth-order valence-electron chi connectivity index (χ4n) is 3.69. The Balaban J connectivity index is 1.75. The Morgan fingerprint density at radius 2 is 1.78 bits per heavy atom. The van der Waals surface area contributed by atoms with Gasteiger partial charge in [0, 0.05) is 21.3 Å². The van der Waals surface area contributed by atoms with Gasteiger partial charge in [-0.1, -0.05) is 66.7 Å². The molecule has 140 valence electrons. The predicted molar refractivity (Wildman–Crippen MR) is 108 cm³/mol. The van der Waals surface area contributed by atoms with Gasteiger partial charge in [0.15, 0.2) is 5.82 Å². The number of rotatable bonds is 5. The summed E-state index contributed by atoms with van der Waals surface area (Å²) in [5.41, 5.74) is 1.88. The molecule has 1 fully saturated rings. The second kappa shape index (κ2) is 8.28. The van der Waals surface area contributed by atoms with E-state index in [1.54, 1.807) is 6.07 Å². The average molecular weight is 402 g/mol. The number of benzene rings is 2. The molecule has 0 aliphatic heterocycles. The quantitative estimate of drug-likeness (QED) is 0.596. The third-order valence-electron chi connectivity index (χ3n) is 5.06. The van der Waals surface area contributed by atoms with Crippen molar-refractivity contribution in [2.45, 2.75) is 44.2 Å². The van der Waals surface area contributed by atoms with Gasteiger partial charge in [0.2, 0.25) is 0 Å². The van der Waals surface area contributed by atoms with E-state index in [9.17, 15) is 0 Å². The SMILES string of the molecule is Clc1ccc([C@@H](Nc2ccccc2)c2nnnn2C2CCCCC2)c(Cl)c1. The van der Waals surface area contributed by atoms with Crippen molar-refractivity contribution in [3.8, 4) is 0 Å². The molecule has 5 nitrogen and oxygen atoms in total. The van der Waals surface area contributed by atoms with E-state index in [-0.39, 0.29) is 6.04 Å². The zero-order valence-corrected chi connectivity index (χ0v) is 16.4. The maximum Gasteiger partial charge on any atom is 0.178 e. The maximum atomic E-state index is 6.54.